The van der Waals surface area contributed by atoms with Crippen molar-refractivity contribution in [1.82, 2.24) is 0 Å². The van der Waals surface area contributed by atoms with Crippen molar-refractivity contribution in [3.63, 3.8) is 0 Å². The molecule has 0 saturated carbocycles. The van der Waals surface area contributed by atoms with E-state index in [1.807, 2.05) is 18.2 Å². The minimum atomic E-state index is -0.0904. The monoisotopic (exact) mass is 294 g/mol. The van der Waals surface area contributed by atoms with E-state index in [4.69, 9.17) is 9.15 Å². The van der Waals surface area contributed by atoms with Crippen LogP contribution in [0.1, 0.15) is 17.5 Å². The van der Waals surface area contributed by atoms with E-state index in [1.54, 1.807) is 19.2 Å². The molecular weight excluding hydrogens is 284 g/mol. The van der Waals surface area contributed by atoms with Crippen LogP contribution in [-0.2, 0) is 0 Å². The molecule has 0 spiro atoms. The van der Waals surface area contributed by atoms with Crippen LogP contribution in [0.3, 0.4) is 0 Å². The molecule has 0 fully saturated rings. The zero-order chi connectivity index (χ0) is 12.4. The predicted octanol–water partition coefficient (Wildman–Crippen LogP) is 3.92. The highest BCUT2D eigenvalue weighted by molar-refractivity contribution is 9.10. The van der Waals surface area contributed by atoms with Gasteiger partial charge in [-0.1, -0.05) is 15.9 Å². The Morgan fingerprint density at radius 3 is 2.65 bits per heavy atom. The molecule has 2 aromatic rings. The molecule has 0 aliphatic heterocycles. The fourth-order valence-corrected chi connectivity index (χ4v) is 1.88. The highest BCUT2D eigenvalue weighted by Gasteiger charge is 2.12. The molecule has 0 radical (unpaired) electrons. The van der Waals surface area contributed by atoms with Gasteiger partial charge < -0.3 is 9.15 Å². The van der Waals surface area contributed by atoms with Gasteiger partial charge in [0.1, 0.15) is 11.5 Å². The molecule has 0 atom stereocenters. The molecular formula is C13H11BrO3. The van der Waals surface area contributed by atoms with E-state index in [2.05, 4.69) is 15.9 Å². The van der Waals surface area contributed by atoms with Gasteiger partial charge in [0, 0.05) is 11.4 Å². The van der Waals surface area contributed by atoms with Crippen molar-refractivity contribution in [3.05, 3.63) is 40.6 Å². The van der Waals surface area contributed by atoms with E-state index in [0.29, 0.717) is 17.3 Å². The third-order valence-electron chi connectivity index (χ3n) is 2.38. The van der Waals surface area contributed by atoms with Crippen molar-refractivity contribution in [3.8, 4) is 17.1 Å². The maximum Gasteiger partial charge on any atom is 0.194 e. The van der Waals surface area contributed by atoms with Crippen molar-refractivity contribution >= 4 is 21.7 Å². The van der Waals surface area contributed by atoms with E-state index in [-0.39, 0.29) is 5.78 Å². The third-order valence-corrected chi connectivity index (χ3v) is 2.88. The van der Waals surface area contributed by atoms with Gasteiger partial charge in [0.2, 0.25) is 0 Å². The van der Waals surface area contributed by atoms with Crippen LogP contribution in [0.2, 0.25) is 0 Å². The third kappa shape index (κ3) is 2.42. The lowest BCUT2D eigenvalue weighted by atomic mass is 10.1. The lowest BCUT2D eigenvalue weighted by molar-refractivity contribution is 0.0988. The number of furan rings is 1. The van der Waals surface area contributed by atoms with Crippen molar-refractivity contribution < 1.29 is 13.9 Å². The van der Waals surface area contributed by atoms with E-state index in [9.17, 15) is 4.79 Å². The van der Waals surface area contributed by atoms with Crippen molar-refractivity contribution in [2.24, 2.45) is 0 Å². The molecule has 0 bridgehead atoms. The number of rotatable bonds is 3. The van der Waals surface area contributed by atoms with Gasteiger partial charge in [-0.05, 0) is 30.3 Å². The largest absolute Gasteiger partial charge is 0.496 e. The van der Waals surface area contributed by atoms with Crippen molar-refractivity contribution in [2.75, 3.05) is 7.11 Å². The number of halogens is 1. The summed E-state index contributed by atoms with van der Waals surface area (Å²) in [5.41, 5.74) is 0.822. The number of hydrogen-bond donors (Lipinski definition) is 0. The van der Waals surface area contributed by atoms with Crippen LogP contribution in [0, 0.1) is 0 Å². The second-order valence-electron chi connectivity index (χ2n) is 3.56. The van der Waals surface area contributed by atoms with Crippen LogP contribution in [0.5, 0.6) is 5.75 Å². The molecule has 2 rings (SSSR count). The predicted molar refractivity (Wildman–Crippen MR) is 68.4 cm³/mol. The summed E-state index contributed by atoms with van der Waals surface area (Å²) < 4.78 is 11.7. The van der Waals surface area contributed by atoms with E-state index in [0.717, 1.165) is 10.0 Å². The molecule has 3 nitrogen and oxygen atoms in total. The Labute approximate surface area is 108 Å². The summed E-state index contributed by atoms with van der Waals surface area (Å²) in [7, 11) is 1.60. The first-order valence-corrected chi connectivity index (χ1v) is 5.86. The fourth-order valence-electron chi connectivity index (χ4n) is 1.54. The average Bonchev–Trinajstić information content (AvgIpc) is 2.78. The highest BCUT2D eigenvalue weighted by Crippen LogP contribution is 2.33. The minimum absolute atomic E-state index is 0.0904. The van der Waals surface area contributed by atoms with Crippen LogP contribution in [-0.4, -0.2) is 12.9 Å². The van der Waals surface area contributed by atoms with Gasteiger partial charge in [0.05, 0.1) is 12.7 Å². The molecule has 17 heavy (non-hydrogen) atoms. The summed E-state index contributed by atoms with van der Waals surface area (Å²) in [6.07, 6.45) is 0. The average molecular weight is 295 g/mol. The minimum Gasteiger partial charge on any atom is -0.496 e. The first-order chi connectivity index (χ1) is 8.11. The Kier molecular flexibility index (Phi) is 3.33. The molecule has 88 valence electrons. The zero-order valence-corrected chi connectivity index (χ0v) is 11.1. The Morgan fingerprint density at radius 1 is 1.29 bits per heavy atom. The van der Waals surface area contributed by atoms with Crippen LogP contribution >= 0.6 is 15.9 Å². The topological polar surface area (TPSA) is 39.4 Å². The second-order valence-corrected chi connectivity index (χ2v) is 4.48. The quantitative estimate of drug-likeness (QED) is 0.806. The molecule has 1 aromatic carbocycles. The number of Topliss-reactive ketones (excluding diaryl/α,β-unsaturated/α-hetero) is 1. The highest BCUT2D eigenvalue weighted by atomic mass is 79.9. The van der Waals surface area contributed by atoms with E-state index in [1.165, 1.54) is 6.92 Å². The SMILES string of the molecule is COc1cc(Br)ccc1-c1ccc(C(C)=O)o1. The molecule has 0 amide bonds. The molecule has 0 aliphatic carbocycles. The summed E-state index contributed by atoms with van der Waals surface area (Å²) >= 11 is 3.37. The summed E-state index contributed by atoms with van der Waals surface area (Å²) in [4.78, 5) is 11.2. The Bertz CT molecular complexity index is 558. The number of carbonyl (C=O) groups is 1. The van der Waals surface area contributed by atoms with Crippen LogP contribution in [0.4, 0.5) is 0 Å². The molecule has 0 aliphatic rings. The first-order valence-electron chi connectivity index (χ1n) is 5.06. The molecule has 1 aromatic heterocycles. The van der Waals surface area contributed by atoms with Gasteiger partial charge in [-0.2, -0.15) is 0 Å². The first kappa shape index (κ1) is 11.9. The van der Waals surface area contributed by atoms with Crippen LogP contribution in [0.25, 0.3) is 11.3 Å². The number of ether oxygens (including phenoxy) is 1. The summed E-state index contributed by atoms with van der Waals surface area (Å²) in [6.45, 7) is 1.47. The smallest absolute Gasteiger partial charge is 0.194 e. The molecule has 0 saturated heterocycles. The standard InChI is InChI=1S/C13H11BrO3/c1-8(15)11-5-6-12(17-11)10-4-3-9(14)7-13(10)16-2/h3-7H,1-2H3. The van der Waals surface area contributed by atoms with Gasteiger partial charge in [0.25, 0.3) is 0 Å². The van der Waals surface area contributed by atoms with Gasteiger partial charge in [-0.3, -0.25) is 4.79 Å². The summed E-state index contributed by atoms with van der Waals surface area (Å²) in [6, 6.07) is 9.06. The number of benzene rings is 1. The molecule has 4 heteroatoms. The molecule has 0 N–H and O–H groups in total. The Morgan fingerprint density at radius 2 is 2.06 bits per heavy atom. The van der Waals surface area contributed by atoms with Gasteiger partial charge in [-0.15, -0.1) is 0 Å². The number of ketones is 1. The maximum atomic E-state index is 11.2. The Balaban J connectivity index is 2.48. The van der Waals surface area contributed by atoms with Gasteiger partial charge in [0.15, 0.2) is 11.5 Å². The number of methoxy groups -OCH3 is 1. The van der Waals surface area contributed by atoms with Crippen molar-refractivity contribution in [1.29, 1.82) is 0 Å². The van der Waals surface area contributed by atoms with Crippen LogP contribution in [0.15, 0.2) is 39.2 Å². The summed E-state index contributed by atoms with van der Waals surface area (Å²) in [5.74, 6) is 1.58. The van der Waals surface area contributed by atoms with Gasteiger partial charge >= 0.3 is 0 Å². The molecule has 0 unspecified atom stereocenters. The van der Waals surface area contributed by atoms with E-state index >= 15 is 0 Å². The number of carbonyl (C=O) groups excluding carboxylic acids is 1. The van der Waals surface area contributed by atoms with Gasteiger partial charge in [-0.25, -0.2) is 0 Å². The zero-order valence-electron chi connectivity index (χ0n) is 9.49. The van der Waals surface area contributed by atoms with Crippen molar-refractivity contribution in [2.45, 2.75) is 6.92 Å². The second kappa shape index (κ2) is 4.75. The fraction of sp³-hybridized carbons (Fsp3) is 0.154. The Hall–Kier alpha value is -1.55. The normalized spacial score (nSPS) is 10.3. The summed E-state index contributed by atoms with van der Waals surface area (Å²) in [5, 5.41) is 0. The lowest BCUT2D eigenvalue weighted by Crippen LogP contribution is -1.88. The lowest BCUT2D eigenvalue weighted by Gasteiger charge is -2.06. The van der Waals surface area contributed by atoms with Crippen LogP contribution < -0.4 is 4.74 Å². The number of hydrogen-bond acceptors (Lipinski definition) is 3. The maximum absolute atomic E-state index is 11.2. The van der Waals surface area contributed by atoms with E-state index < -0.39 is 0 Å². The molecule has 1 heterocycles.